The number of aliphatic carboxylic acids is 1. The van der Waals surface area contributed by atoms with Crippen LogP contribution in [0.3, 0.4) is 0 Å². The number of rotatable bonds is 4. The van der Waals surface area contributed by atoms with Gasteiger partial charge in [0.25, 0.3) is 5.91 Å². The highest BCUT2D eigenvalue weighted by atomic mass is 16.5. The van der Waals surface area contributed by atoms with Crippen LogP contribution in [0.1, 0.15) is 22.3 Å². The summed E-state index contributed by atoms with van der Waals surface area (Å²) in [6, 6.07) is 8.53. The standard InChI is InChI=1S/C14H14N2O4/c15-7-5-10-1-3-11(4-2-10)12(17)16-14(13(18)19)6-8-20-9-14/h1-4H,5-6,8-9H2,(H,16,17)(H,18,19). The number of hydrogen-bond donors (Lipinski definition) is 2. The van der Waals surface area contributed by atoms with Crippen LogP contribution in [0.15, 0.2) is 24.3 Å². The second-order valence-electron chi connectivity index (χ2n) is 4.68. The van der Waals surface area contributed by atoms with Crippen LogP contribution in [0.2, 0.25) is 0 Å². The van der Waals surface area contributed by atoms with Crippen LogP contribution in [0.5, 0.6) is 0 Å². The molecule has 1 heterocycles. The van der Waals surface area contributed by atoms with Crippen molar-refractivity contribution in [3.8, 4) is 6.07 Å². The predicted octanol–water partition coefficient (Wildman–Crippen LogP) is 0.726. The van der Waals surface area contributed by atoms with Gasteiger partial charge in [0.05, 0.1) is 19.1 Å². The first kappa shape index (κ1) is 14.0. The van der Waals surface area contributed by atoms with E-state index in [4.69, 9.17) is 10.00 Å². The van der Waals surface area contributed by atoms with Crippen LogP contribution in [-0.2, 0) is 16.0 Å². The molecule has 6 heteroatoms. The van der Waals surface area contributed by atoms with E-state index in [-0.39, 0.29) is 19.4 Å². The van der Waals surface area contributed by atoms with E-state index < -0.39 is 17.4 Å². The van der Waals surface area contributed by atoms with Gasteiger partial charge in [0.2, 0.25) is 0 Å². The number of hydrogen-bond acceptors (Lipinski definition) is 4. The molecule has 2 rings (SSSR count). The molecule has 2 N–H and O–H groups in total. The van der Waals surface area contributed by atoms with Gasteiger partial charge in [0.15, 0.2) is 5.54 Å². The summed E-state index contributed by atoms with van der Waals surface area (Å²) >= 11 is 0. The molecule has 6 nitrogen and oxygen atoms in total. The number of benzene rings is 1. The van der Waals surface area contributed by atoms with Crippen molar-refractivity contribution in [2.24, 2.45) is 0 Å². The number of carboxylic acids is 1. The van der Waals surface area contributed by atoms with Crippen LogP contribution in [-0.4, -0.2) is 35.7 Å². The molecule has 0 bridgehead atoms. The molecule has 0 saturated carbocycles. The van der Waals surface area contributed by atoms with Crippen molar-refractivity contribution in [2.75, 3.05) is 13.2 Å². The van der Waals surface area contributed by atoms with E-state index in [9.17, 15) is 14.7 Å². The molecule has 1 aromatic carbocycles. The van der Waals surface area contributed by atoms with E-state index in [0.717, 1.165) is 5.56 Å². The maximum atomic E-state index is 12.1. The Labute approximate surface area is 116 Å². The fourth-order valence-corrected chi connectivity index (χ4v) is 2.04. The minimum absolute atomic E-state index is 0.0272. The molecule has 1 fully saturated rings. The molecule has 1 unspecified atom stereocenters. The van der Waals surface area contributed by atoms with Crippen molar-refractivity contribution >= 4 is 11.9 Å². The highest BCUT2D eigenvalue weighted by Crippen LogP contribution is 2.20. The van der Waals surface area contributed by atoms with Crippen LogP contribution < -0.4 is 5.32 Å². The maximum absolute atomic E-state index is 12.1. The van der Waals surface area contributed by atoms with Crippen LogP contribution in [0.4, 0.5) is 0 Å². The van der Waals surface area contributed by atoms with E-state index >= 15 is 0 Å². The number of carbonyl (C=O) groups excluding carboxylic acids is 1. The molecule has 0 aliphatic carbocycles. The van der Waals surface area contributed by atoms with Crippen LogP contribution >= 0.6 is 0 Å². The molecule has 1 atom stereocenters. The summed E-state index contributed by atoms with van der Waals surface area (Å²) in [5.74, 6) is -1.55. The molecule has 1 aliphatic rings. The Bertz CT molecular complexity index is 554. The zero-order valence-corrected chi connectivity index (χ0v) is 10.8. The van der Waals surface area contributed by atoms with Gasteiger partial charge in [-0.1, -0.05) is 12.1 Å². The smallest absolute Gasteiger partial charge is 0.331 e. The second kappa shape index (κ2) is 5.72. The summed E-state index contributed by atoms with van der Waals surface area (Å²) in [5.41, 5.74) is -0.178. The number of amides is 1. The quantitative estimate of drug-likeness (QED) is 0.843. The molecule has 1 aromatic rings. The number of nitrogens with zero attached hydrogens (tertiary/aromatic N) is 1. The van der Waals surface area contributed by atoms with Gasteiger partial charge in [-0.3, -0.25) is 4.79 Å². The third-order valence-corrected chi connectivity index (χ3v) is 3.28. The highest BCUT2D eigenvalue weighted by molar-refractivity contribution is 5.98. The van der Waals surface area contributed by atoms with Crippen molar-refractivity contribution in [3.63, 3.8) is 0 Å². The van der Waals surface area contributed by atoms with Crippen molar-refractivity contribution in [1.82, 2.24) is 5.32 Å². The first-order valence-corrected chi connectivity index (χ1v) is 6.17. The largest absolute Gasteiger partial charge is 0.479 e. The van der Waals surface area contributed by atoms with Gasteiger partial charge in [-0.25, -0.2) is 4.79 Å². The zero-order chi connectivity index (χ0) is 14.6. The van der Waals surface area contributed by atoms with Gasteiger partial charge in [-0.05, 0) is 17.7 Å². The van der Waals surface area contributed by atoms with E-state index in [1.165, 1.54) is 0 Å². The highest BCUT2D eigenvalue weighted by Gasteiger charge is 2.44. The third-order valence-electron chi connectivity index (χ3n) is 3.28. The lowest BCUT2D eigenvalue weighted by Crippen LogP contribution is -2.55. The Morgan fingerprint density at radius 2 is 2.10 bits per heavy atom. The number of carbonyl (C=O) groups is 2. The molecule has 0 spiro atoms. The lowest BCUT2D eigenvalue weighted by Gasteiger charge is -2.23. The summed E-state index contributed by atoms with van der Waals surface area (Å²) < 4.78 is 5.08. The average Bonchev–Trinajstić information content (AvgIpc) is 2.90. The van der Waals surface area contributed by atoms with Gasteiger partial charge >= 0.3 is 5.97 Å². The molecule has 1 amide bonds. The Morgan fingerprint density at radius 1 is 1.40 bits per heavy atom. The Hall–Kier alpha value is -2.39. The molecule has 0 aromatic heterocycles. The fourth-order valence-electron chi connectivity index (χ4n) is 2.04. The van der Waals surface area contributed by atoms with Gasteiger partial charge in [-0.15, -0.1) is 0 Å². The predicted molar refractivity (Wildman–Crippen MR) is 69.0 cm³/mol. The normalized spacial score (nSPS) is 21.1. The maximum Gasteiger partial charge on any atom is 0.331 e. The second-order valence-corrected chi connectivity index (χ2v) is 4.68. The molecule has 20 heavy (non-hydrogen) atoms. The van der Waals surface area contributed by atoms with Gasteiger partial charge < -0.3 is 15.2 Å². The first-order chi connectivity index (χ1) is 9.57. The minimum atomic E-state index is -1.34. The minimum Gasteiger partial charge on any atom is -0.479 e. The summed E-state index contributed by atoms with van der Waals surface area (Å²) in [6.07, 6.45) is 0.523. The van der Waals surface area contributed by atoms with Crippen molar-refractivity contribution in [2.45, 2.75) is 18.4 Å². The first-order valence-electron chi connectivity index (χ1n) is 6.17. The van der Waals surface area contributed by atoms with Crippen LogP contribution in [0.25, 0.3) is 0 Å². The number of nitriles is 1. The molecule has 1 saturated heterocycles. The topological polar surface area (TPSA) is 99.4 Å². The summed E-state index contributed by atoms with van der Waals surface area (Å²) in [6.45, 7) is 0.286. The Morgan fingerprint density at radius 3 is 2.60 bits per heavy atom. The molecule has 1 aliphatic heterocycles. The van der Waals surface area contributed by atoms with Crippen molar-refractivity contribution in [1.29, 1.82) is 5.26 Å². The molecule has 104 valence electrons. The van der Waals surface area contributed by atoms with Gasteiger partial charge in [-0.2, -0.15) is 5.26 Å². The number of nitrogens with one attached hydrogen (secondary N) is 1. The van der Waals surface area contributed by atoms with Crippen LogP contribution in [0, 0.1) is 11.3 Å². The zero-order valence-electron chi connectivity index (χ0n) is 10.8. The van der Waals surface area contributed by atoms with Gasteiger partial charge in [0, 0.05) is 18.6 Å². The summed E-state index contributed by atoms with van der Waals surface area (Å²) in [7, 11) is 0. The van der Waals surface area contributed by atoms with Crippen molar-refractivity contribution in [3.05, 3.63) is 35.4 Å². The monoisotopic (exact) mass is 274 g/mol. The molecular weight excluding hydrogens is 260 g/mol. The average molecular weight is 274 g/mol. The van der Waals surface area contributed by atoms with Gasteiger partial charge in [0.1, 0.15) is 0 Å². The number of carboxylic acid groups (broad SMARTS) is 1. The number of ether oxygens (including phenoxy) is 1. The lowest BCUT2D eigenvalue weighted by atomic mass is 9.98. The van der Waals surface area contributed by atoms with Crippen molar-refractivity contribution < 1.29 is 19.4 Å². The van der Waals surface area contributed by atoms with E-state index in [0.29, 0.717) is 12.2 Å². The Kier molecular flexibility index (Phi) is 4.01. The lowest BCUT2D eigenvalue weighted by molar-refractivity contribution is -0.144. The SMILES string of the molecule is N#CCc1ccc(C(=O)NC2(C(=O)O)CCOC2)cc1. The Balaban J connectivity index is 2.11. The van der Waals surface area contributed by atoms with E-state index in [1.807, 2.05) is 6.07 Å². The third kappa shape index (κ3) is 2.78. The fraction of sp³-hybridized carbons (Fsp3) is 0.357. The van der Waals surface area contributed by atoms with E-state index in [2.05, 4.69) is 5.32 Å². The van der Waals surface area contributed by atoms with E-state index in [1.54, 1.807) is 24.3 Å². The molecular formula is C14H14N2O4. The molecule has 0 radical (unpaired) electrons. The summed E-state index contributed by atoms with van der Waals surface area (Å²) in [5, 5.41) is 20.3. The summed E-state index contributed by atoms with van der Waals surface area (Å²) in [4.78, 5) is 23.4.